The van der Waals surface area contributed by atoms with Crippen LogP contribution >= 0.6 is 31.9 Å². The average molecular weight is 460 g/mol. The molecule has 2 aromatic heterocycles. The van der Waals surface area contributed by atoms with Crippen LogP contribution < -0.4 is 10.9 Å². The van der Waals surface area contributed by atoms with Crippen LogP contribution in [0.15, 0.2) is 52.6 Å². The van der Waals surface area contributed by atoms with Gasteiger partial charge in [0.25, 0.3) is 0 Å². The molecule has 0 unspecified atom stereocenters. The third kappa shape index (κ3) is 6.50. The quantitative estimate of drug-likeness (QED) is 0.490. The Hall–Kier alpha value is -2.20. The summed E-state index contributed by atoms with van der Waals surface area (Å²) in [4.78, 5) is 23.1. The number of hydrogen-bond acceptors (Lipinski definition) is 6. The maximum atomic E-state index is 11.5. The number of carbonyl (C=O) groups excluding carboxylic acids is 2. The number of nitrogens with one attached hydrogen (secondary N) is 2. The highest BCUT2D eigenvalue weighted by atomic mass is 79.9. The molecule has 24 heavy (non-hydrogen) atoms. The van der Waals surface area contributed by atoms with E-state index in [0.717, 1.165) is 0 Å². The van der Waals surface area contributed by atoms with Crippen molar-refractivity contribution in [1.29, 1.82) is 0 Å². The van der Waals surface area contributed by atoms with Gasteiger partial charge in [0.1, 0.15) is 11.5 Å². The lowest BCUT2D eigenvalue weighted by atomic mass is 10.3. The molecule has 2 heterocycles. The normalized spacial score (nSPS) is 11.2. The molecule has 0 aliphatic heterocycles. The first-order chi connectivity index (χ1) is 11.5. The van der Waals surface area contributed by atoms with Crippen molar-refractivity contribution in [1.82, 2.24) is 10.9 Å². The van der Waals surface area contributed by atoms with Gasteiger partial charge in [-0.15, -0.1) is 0 Å². The number of hydrazone groups is 2. The Morgan fingerprint density at radius 1 is 0.875 bits per heavy atom. The molecule has 0 bridgehead atoms. The van der Waals surface area contributed by atoms with E-state index in [1.54, 1.807) is 24.3 Å². The number of halogens is 2. The van der Waals surface area contributed by atoms with Gasteiger partial charge in [0.15, 0.2) is 9.34 Å². The van der Waals surface area contributed by atoms with Crippen LogP contribution in [-0.4, -0.2) is 24.2 Å². The van der Waals surface area contributed by atoms with Gasteiger partial charge in [-0.3, -0.25) is 9.59 Å². The lowest BCUT2D eigenvalue weighted by molar-refractivity contribution is -0.126. The molecule has 0 fully saturated rings. The van der Waals surface area contributed by atoms with Gasteiger partial charge in [0.2, 0.25) is 11.8 Å². The van der Waals surface area contributed by atoms with E-state index in [9.17, 15) is 9.59 Å². The van der Waals surface area contributed by atoms with Crippen molar-refractivity contribution in [3.05, 3.63) is 45.1 Å². The first-order valence-electron chi connectivity index (χ1n) is 6.67. The van der Waals surface area contributed by atoms with E-state index in [4.69, 9.17) is 8.83 Å². The van der Waals surface area contributed by atoms with Gasteiger partial charge in [-0.25, -0.2) is 10.9 Å². The zero-order valence-electron chi connectivity index (χ0n) is 12.2. The van der Waals surface area contributed by atoms with Crippen LogP contribution in [-0.2, 0) is 9.59 Å². The molecule has 126 valence electrons. The topological polar surface area (TPSA) is 109 Å². The molecule has 2 aromatic rings. The van der Waals surface area contributed by atoms with Gasteiger partial charge in [-0.1, -0.05) is 0 Å². The molecule has 0 aliphatic rings. The molecule has 0 aromatic carbocycles. The summed E-state index contributed by atoms with van der Waals surface area (Å²) in [6, 6.07) is 6.77. The maximum absolute atomic E-state index is 11.5. The largest absolute Gasteiger partial charge is 0.448 e. The van der Waals surface area contributed by atoms with Gasteiger partial charge in [-0.2, -0.15) is 10.2 Å². The van der Waals surface area contributed by atoms with Crippen molar-refractivity contribution in [3.63, 3.8) is 0 Å². The average Bonchev–Trinajstić information content (AvgIpc) is 3.14. The molecular weight excluding hydrogens is 448 g/mol. The lowest BCUT2D eigenvalue weighted by Crippen LogP contribution is -2.22. The Bertz CT molecular complexity index is 702. The molecule has 0 saturated carbocycles. The predicted molar refractivity (Wildman–Crippen MR) is 93.5 cm³/mol. The van der Waals surface area contributed by atoms with Gasteiger partial charge in [0, 0.05) is 12.8 Å². The Balaban J connectivity index is 1.64. The van der Waals surface area contributed by atoms with Crippen molar-refractivity contribution < 1.29 is 18.4 Å². The number of rotatable bonds is 7. The summed E-state index contributed by atoms with van der Waals surface area (Å²) in [6.07, 6.45) is 2.67. The summed E-state index contributed by atoms with van der Waals surface area (Å²) in [5, 5.41) is 7.44. The molecule has 0 radical (unpaired) electrons. The first kappa shape index (κ1) is 18.1. The Labute approximate surface area is 153 Å². The highest BCUT2D eigenvalue weighted by molar-refractivity contribution is 9.10. The molecule has 2 rings (SSSR count). The second kappa shape index (κ2) is 9.18. The summed E-state index contributed by atoms with van der Waals surface area (Å²) in [7, 11) is 0. The van der Waals surface area contributed by atoms with E-state index >= 15 is 0 Å². The summed E-state index contributed by atoms with van der Waals surface area (Å²) in [6.45, 7) is 0. The minimum Gasteiger partial charge on any atom is -0.448 e. The number of hydrogen-bond donors (Lipinski definition) is 2. The number of amides is 2. The van der Waals surface area contributed by atoms with Crippen molar-refractivity contribution in [3.8, 4) is 0 Å². The third-order valence-corrected chi connectivity index (χ3v) is 3.38. The van der Waals surface area contributed by atoms with Crippen LogP contribution in [0.4, 0.5) is 0 Å². The third-order valence-electron chi connectivity index (χ3n) is 2.53. The maximum Gasteiger partial charge on any atom is 0.240 e. The fourth-order valence-corrected chi connectivity index (χ4v) is 2.11. The molecule has 10 heteroatoms. The van der Waals surface area contributed by atoms with Gasteiger partial charge >= 0.3 is 0 Å². The first-order valence-corrected chi connectivity index (χ1v) is 8.26. The molecule has 0 aliphatic carbocycles. The van der Waals surface area contributed by atoms with Crippen LogP contribution in [0, 0.1) is 0 Å². The molecule has 0 spiro atoms. The number of nitrogens with zero attached hydrogens (tertiary/aromatic N) is 2. The second-order valence-electron chi connectivity index (χ2n) is 4.37. The van der Waals surface area contributed by atoms with Crippen LogP contribution in [0.3, 0.4) is 0 Å². The SMILES string of the molecule is O=C(CCC(=O)N/N=C\c1ccc(Br)o1)N/N=C\c1ccc(Br)o1. The Morgan fingerprint density at radius 2 is 1.29 bits per heavy atom. The van der Waals surface area contributed by atoms with E-state index in [-0.39, 0.29) is 12.8 Å². The van der Waals surface area contributed by atoms with E-state index < -0.39 is 11.8 Å². The summed E-state index contributed by atoms with van der Waals surface area (Å²) < 4.78 is 11.5. The number of carbonyl (C=O) groups is 2. The highest BCUT2D eigenvalue weighted by Crippen LogP contribution is 2.12. The Kier molecular flexibility index (Phi) is 6.94. The summed E-state index contributed by atoms with van der Waals surface area (Å²) in [5.41, 5.74) is 4.59. The molecule has 2 amide bonds. The summed E-state index contributed by atoms with van der Waals surface area (Å²) in [5.74, 6) is 0.176. The highest BCUT2D eigenvalue weighted by Gasteiger charge is 2.05. The van der Waals surface area contributed by atoms with Gasteiger partial charge in [-0.05, 0) is 56.1 Å². The van der Waals surface area contributed by atoms with Crippen molar-refractivity contribution in [2.45, 2.75) is 12.8 Å². The van der Waals surface area contributed by atoms with Crippen LogP contribution in [0.25, 0.3) is 0 Å². The molecule has 0 atom stereocenters. The lowest BCUT2D eigenvalue weighted by Gasteiger charge is -1.99. The zero-order valence-corrected chi connectivity index (χ0v) is 15.3. The van der Waals surface area contributed by atoms with Crippen LogP contribution in [0.1, 0.15) is 24.4 Å². The van der Waals surface area contributed by atoms with Crippen molar-refractivity contribution in [2.75, 3.05) is 0 Å². The van der Waals surface area contributed by atoms with Crippen LogP contribution in [0.2, 0.25) is 0 Å². The summed E-state index contributed by atoms with van der Waals surface area (Å²) >= 11 is 6.30. The standard InChI is InChI=1S/C14H12Br2N4O4/c15-11-3-1-9(23-11)7-17-19-13(21)5-6-14(22)20-18-8-10-2-4-12(16)24-10/h1-4,7-8H,5-6H2,(H,19,21)(H,20,22)/b17-7-,18-8-. The fraction of sp³-hybridized carbons (Fsp3) is 0.143. The van der Waals surface area contributed by atoms with E-state index in [0.29, 0.717) is 20.9 Å². The van der Waals surface area contributed by atoms with Gasteiger partial charge in [0.05, 0.1) is 12.4 Å². The van der Waals surface area contributed by atoms with Crippen molar-refractivity contribution >= 4 is 56.1 Å². The molecule has 2 N–H and O–H groups in total. The zero-order chi connectivity index (χ0) is 17.4. The minimum absolute atomic E-state index is 0.0210. The minimum atomic E-state index is -0.397. The van der Waals surface area contributed by atoms with E-state index in [2.05, 4.69) is 52.9 Å². The van der Waals surface area contributed by atoms with Crippen molar-refractivity contribution in [2.24, 2.45) is 10.2 Å². The molecule has 0 saturated heterocycles. The van der Waals surface area contributed by atoms with Gasteiger partial charge < -0.3 is 8.83 Å². The second-order valence-corrected chi connectivity index (χ2v) is 5.93. The Morgan fingerprint density at radius 3 is 1.62 bits per heavy atom. The monoisotopic (exact) mass is 458 g/mol. The smallest absolute Gasteiger partial charge is 0.240 e. The molecular formula is C14H12Br2N4O4. The van der Waals surface area contributed by atoms with E-state index in [1.807, 2.05) is 0 Å². The fourth-order valence-electron chi connectivity index (χ4n) is 1.47. The molecule has 8 nitrogen and oxygen atoms in total. The number of furan rings is 2. The predicted octanol–water partition coefficient (Wildman–Crippen LogP) is 2.78. The van der Waals surface area contributed by atoms with Crippen LogP contribution in [0.5, 0.6) is 0 Å². The van der Waals surface area contributed by atoms with E-state index in [1.165, 1.54) is 12.4 Å².